The highest BCUT2D eigenvalue weighted by Crippen LogP contribution is 2.07. The normalized spacial score (nSPS) is 10.5. The molecule has 0 aromatic heterocycles. The number of hydrogen-bond acceptors (Lipinski definition) is 4. The molecule has 0 aliphatic heterocycles. The molecule has 1 aromatic carbocycles. The summed E-state index contributed by atoms with van der Waals surface area (Å²) in [7, 11) is 1.72. The molecule has 1 rings (SSSR count). The van der Waals surface area contributed by atoms with E-state index in [0.29, 0.717) is 19.8 Å². The van der Waals surface area contributed by atoms with Crippen molar-refractivity contribution in [1.82, 2.24) is 5.32 Å². The smallest absolute Gasteiger partial charge is 0.119 e. The second kappa shape index (κ2) is 11.0. The van der Waals surface area contributed by atoms with Crippen LogP contribution in [0.15, 0.2) is 30.3 Å². The van der Waals surface area contributed by atoms with Crippen molar-refractivity contribution in [2.45, 2.75) is 6.42 Å². The highest BCUT2D eigenvalue weighted by molar-refractivity contribution is 5.20. The fourth-order valence-corrected chi connectivity index (χ4v) is 1.45. The van der Waals surface area contributed by atoms with Crippen LogP contribution < -0.4 is 10.1 Å². The lowest BCUT2D eigenvalue weighted by molar-refractivity contribution is 0.101. The Hall–Kier alpha value is -1.10. The van der Waals surface area contributed by atoms with Crippen molar-refractivity contribution >= 4 is 0 Å². The summed E-state index contributed by atoms with van der Waals surface area (Å²) in [5, 5.41) is 3.28. The summed E-state index contributed by atoms with van der Waals surface area (Å²) in [6, 6.07) is 9.77. The SMILES string of the molecule is COCCCNCCOCCOc1ccccc1. The van der Waals surface area contributed by atoms with Crippen molar-refractivity contribution in [2.75, 3.05) is 46.6 Å². The van der Waals surface area contributed by atoms with E-state index in [4.69, 9.17) is 14.2 Å². The Morgan fingerprint density at radius 1 is 0.944 bits per heavy atom. The highest BCUT2D eigenvalue weighted by Gasteiger charge is 1.92. The molecular weight excluding hydrogens is 230 g/mol. The second-order valence-corrected chi connectivity index (χ2v) is 3.87. The summed E-state index contributed by atoms with van der Waals surface area (Å²) in [4.78, 5) is 0. The van der Waals surface area contributed by atoms with Crippen LogP contribution in [0.1, 0.15) is 6.42 Å². The van der Waals surface area contributed by atoms with Crippen LogP contribution in [0.25, 0.3) is 0 Å². The van der Waals surface area contributed by atoms with Gasteiger partial charge in [-0.25, -0.2) is 0 Å². The number of benzene rings is 1. The number of para-hydroxylation sites is 1. The van der Waals surface area contributed by atoms with Gasteiger partial charge < -0.3 is 19.5 Å². The third-order valence-corrected chi connectivity index (χ3v) is 2.36. The maximum Gasteiger partial charge on any atom is 0.119 e. The standard InChI is InChI=1S/C14H23NO3/c1-16-10-5-8-15-9-11-17-12-13-18-14-6-3-2-4-7-14/h2-4,6-7,15H,5,8-13H2,1H3. The fourth-order valence-electron chi connectivity index (χ4n) is 1.45. The first-order valence-corrected chi connectivity index (χ1v) is 6.38. The van der Waals surface area contributed by atoms with Crippen molar-refractivity contribution in [3.8, 4) is 5.75 Å². The summed E-state index contributed by atoms with van der Waals surface area (Å²) >= 11 is 0. The van der Waals surface area contributed by atoms with E-state index in [9.17, 15) is 0 Å². The zero-order valence-corrected chi connectivity index (χ0v) is 11.1. The molecule has 0 saturated carbocycles. The maximum atomic E-state index is 5.50. The molecule has 0 radical (unpaired) electrons. The third-order valence-electron chi connectivity index (χ3n) is 2.36. The molecule has 0 fully saturated rings. The number of hydrogen-bond donors (Lipinski definition) is 1. The molecule has 102 valence electrons. The Labute approximate surface area is 109 Å². The quantitative estimate of drug-likeness (QED) is 0.609. The second-order valence-electron chi connectivity index (χ2n) is 3.87. The molecule has 0 unspecified atom stereocenters. The minimum atomic E-state index is 0.591. The van der Waals surface area contributed by atoms with Crippen LogP contribution in [-0.4, -0.2) is 46.6 Å². The van der Waals surface area contributed by atoms with Gasteiger partial charge in [0.05, 0.1) is 13.2 Å². The summed E-state index contributed by atoms with van der Waals surface area (Å²) in [5.41, 5.74) is 0. The zero-order chi connectivity index (χ0) is 12.9. The van der Waals surface area contributed by atoms with Gasteiger partial charge in [0.2, 0.25) is 0 Å². The van der Waals surface area contributed by atoms with Crippen LogP contribution in [0, 0.1) is 0 Å². The van der Waals surface area contributed by atoms with E-state index in [1.165, 1.54) is 0 Å². The van der Waals surface area contributed by atoms with Gasteiger partial charge in [-0.1, -0.05) is 18.2 Å². The molecule has 1 N–H and O–H groups in total. The molecule has 0 atom stereocenters. The molecule has 1 aromatic rings. The monoisotopic (exact) mass is 253 g/mol. The molecule has 0 spiro atoms. The van der Waals surface area contributed by atoms with Gasteiger partial charge in [0.25, 0.3) is 0 Å². The van der Waals surface area contributed by atoms with Gasteiger partial charge in [-0.2, -0.15) is 0 Å². The van der Waals surface area contributed by atoms with Crippen molar-refractivity contribution in [1.29, 1.82) is 0 Å². The Morgan fingerprint density at radius 3 is 2.56 bits per heavy atom. The van der Waals surface area contributed by atoms with Crippen LogP contribution in [-0.2, 0) is 9.47 Å². The van der Waals surface area contributed by atoms with Crippen molar-refractivity contribution in [3.05, 3.63) is 30.3 Å². The first-order chi connectivity index (χ1) is 8.93. The molecule has 4 nitrogen and oxygen atoms in total. The molecule has 0 aliphatic carbocycles. The number of nitrogens with one attached hydrogen (secondary N) is 1. The number of methoxy groups -OCH3 is 1. The highest BCUT2D eigenvalue weighted by atomic mass is 16.5. The van der Waals surface area contributed by atoms with Crippen LogP contribution in [0.4, 0.5) is 0 Å². The number of ether oxygens (including phenoxy) is 3. The molecule has 0 heterocycles. The molecule has 0 saturated heterocycles. The van der Waals surface area contributed by atoms with Crippen molar-refractivity contribution < 1.29 is 14.2 Å². The number of rotatable bonds is 11. The van der Waals surface area contributed by atoms with Gasteiger partial charge in [0.15, 0.2) is 0 Å². The summed E-state index contributed by atoms with van der Waals surface area (Å²) in [6.45, 7) is 4.57. The average Bonchev–Trinajstić information content (AvgIpc) is 2.42. The Balaban J connectivity index is 1.82. The van der Waals surface area contributed by atoms with Gasteiger partial charge in [0.1, 0.15) is 12.4 Å². The predicted octanol–water partition coefficient (Wildman–Crippen LogP) is 1.71. The molecule has 0 aliphatic rings. The zero-order valence-electron chi connectivity index (χ0n) is 11.1. The minimum Gasteiger partial charge on any atom is -0.491 e. The molecule has 18 heavy (non-hydrogen) atoms. The lowest BCUT2D eigenvalue weighted by Crippen LogP contribution is -2.22. The Kier molecular flexibility index (Phi) is 9.16. The van der Waals surface area contributed by atoms with Gasteiger partial charge in [0, 0.05) is 20.3 Å². The van der Waals surface area contributed by atoms with E-state index in [1.54, 1.807) is 7.11 Å². The van der Waals surface area contributed by atoms with Crippen LogP contribution >= 0.6 is 0 Å². The summed E-state index contributed by atoms with van der Waals surface area (Å²) < 4.78 is 15.9. The first-order valence-electron chi connectivity index (χ1n) is 6.38. The van der Waals surface area contributed by atoms with Gasteiger partial charge in [-0.05, 0) is 25.1 Å². The van der Waals surface area contributed by atoms with E-state index in [0.717, 1.165) is 31.9 Å². The Morgan fingerprint density at radius 2 is 1.78 bits per heavy atom. The van der Waals surface area contributed by atoms with Crippen molar-refractivity contribution in [3.63, 3.8) is 0 Å². The average molecular weight is 253 g/mol. The molecule has 0 bridgehead atoms. The minimum absolute atomic E-state index is 0.591. The van der Waals surface area contributed by atoms with Gasteiger partial charge >= 0.3 is 0 Å². The van der Waals surface area contributed by atoms with Gasteiger partial charge in [-0.3, -0.25) is 0 Å². The lowest BCUT2D eigenvalue weighted by atomic mass is 10.3. The Bertz CT molecular complexity index is 280. The third kappa shape index (κ3) is 8.06. The molecule has 0 amide bonds. The van der Waals surface area contributed by atoms with E-state index < -0.39 is 0 Å². The van der Waals surface area contributed by atoms with E-state index >= 15 is 0 Å². The predicted molar refractivity (Wildman–Crippen MR) is 72.1 cm³/mol. The summed E-state index contributed by atoms with van der Waals surface area (Å²) in [6.07, 6.45) is 1.04. The van der Waals surface area contributed by atoms with Crippen LogP contribution in [0.2, 0.25) is 0 Å². The topological polar surface area (TPSA) is 39.7 Å². The lowest BCUT2D eigenvalue weighted by Gasteiger charge is -2.07. The van der Waals surface area contributed by atoms with E-state index in [1.807, 2.05) is 30.3 Å². The van der Waals surface area contributed by atoms with Crippen LogP contribution in [0.5, 0.6) is 5.75 Å². The van der Waals surface area contributed by atoms with E-state index in [2.05, 4.69) is 5.32 Å². The van der Waals surface area contributed by atoms with Crippen molar-refractivity contribution in [2.24, 2.45) is 0 Å². The molecule has 4 heteroatoms. The van der Waals surface area contributed by atoms with Crippen LogP contribution in [0.3, 0.4) is 0 Å². The fraction of sp³-hybridized carbons (Fsp3) is 0.571. The summed E-state index contributed by atoms with van der Waals surface area (Å²) in [5.74, 6) is 0.888. The largest absolute Gasteiger partial charge is 0.491 e. The molecular formula is C14H23NO3. The van der Waals surface area contributed by atoms with E-state index in [-0.39, 0.29) is 0 Å². The first kappa shape index (κ1) is 15.0. The maximum absolute atomic E-state index is 5.50. The van der Waals surface area contributed by atoms with Gasteiger partial charge in [-0.15, -0.1) is 0 Å².